The summed E-state index contributed by atoms with van der Waals surface area (Å²) < 4.78 is 19.1. The molecule has 1 aliphatic heterocycles. The molecule has 1 fully saturated rings. The number of hydrogen-bond acceptors (Lipinski definition) is 3. The highest BCUT2D eigenvalue weighted by atomic mass is 79.9. The summed E-state index contributed by atoms with van der Waals surface area (Å²) in [5, 5.41) is 5.98. The van der Waals surface area contributed by atoms with Crippen LogP contribution in [-0.4, -0.2) is 31.7 Å². The van der Waals surface area contributed by atoms with Crippen LogP contribution in [0.2, 0.25) is 0 Å². The summed E-state index contributed by atoms with van der Waals surface area (Å²) in [4.78, 5) is 11.7. The molecule has 1 amide bonds. The molecule has 1 aliphatic rings. The van der Waals surface area contributed by atoms with Crippen molar-refractivity contribution < 1.29 is 13.9 Å². The predicted octanol–water partition coefficient (Wildman–Crippen LogP) is 2.69. The van der Waals surface area contributed by atoms with Crippen LogP contribution in [0.15, 0.2) is 22.7 Å². The van der Waals surface area contributed by atoms with E-state index in [1.807, 2.05) is 0 Å². The number of amides is 1. The second kappa shape index (κ2) is 7.71. The zero-order valence-electron chi connectivity index (χ0n) is 11.1. The van der Waals surface area contributed by atoms with Gasteiger partial charge < -0.3 is 15.4 Å². The number of ether oxygens (including phenoxy) is 1. The lowest BCUT2D eigenvalue weighted by atomic mass is 10.1. The van der Waals surface area contributed by atoms with Crippen LogP contribution < -0.4 is 10.6 Å². The molecule has 0 atom stereocenters. The SMILES string of the molecule is O=C(CCOC1CCNCC1)Nc1ccc(F)c(Br)c1. The van der Waals surface area contributed by atoms with E-state index in [-0.39, 0.29) is 17.8 Å². The normalized spacial score (nSPS) is 16.1. The van der Waals surface area contributed by atoms with Crippen molar-refractivity contribution in [2.45, 2.75) is 25.4 Å². The van der Waals surface area contributed by atoms with Crippen molar-refractivity contribution in [3.63, 3.8) is 0 Å². The molecule has 4 nitrogen and oxygen atoms in total. The fraction of sp³-hybridized carbons (Fsp3) is 0.500. The topological polar surface area (TPSA) is 50.4 Å². The van der Waals surface area contributed by atoms with Crippen LogP contribution >= 0.6 is 15.9 Å². The van der Waals surface area contributed by atoms with Gasteiger partial charge in [0.05, 0.1) is 23.6 Å². The van der Waals surface area contributed by atoms with Gasteiger partial charge in [-0.15, -0.1) is 0 Å². The average molecular weight is 345 g/mol. The molecular formula is C14H18BrFN2O2. The van der Waals surface area contributed by atoms with Crippen molar-refractivity contribution in [2.24, 2.45) is 0 Å². The number of hydrogen-bond donors (Lipinski definition) is 2. The van der Waals surface area contributed by atoms with Gasteiger partial charge in [0.1, 0.15) is 5.82 Å². The van der Waals surface area contributed by atoms with Gasteiger partial charge in [0, 0.05) is 5.69 Å². The number of carbonyl (C=O) groups excluding carboxylic acids is 1. The van der Waals surface area contributed by atoms with Crippen molar-refractivity contribution in [3.8, 4) is 0 Å². The molecule has 1 saturated heterocycles. The minimum Gasteiger partial charge on any atom is -0.378 e. The zero-order chi connectivity index (χ0) is 14.4. The third kappa shape index (κ3) is 4.85. The molecule has 1 aromatic carbocycles. The first kappa shape index (κ1) is 15.4. The molecule has 2 rings (SSSR count). The Bertz CT molecular complexity index is 464. The van der Waals surface area contributed by atoms with Gasteiger partial charge in [0.15, 0.2) is 0 Å². The Morgan fingerprint density at radius 3 is 2.90 bits per heavy atom. The van der Waals surface area contributed by atoms with Crippen molar-refractivity contribution in [3.05, 3.63) is 28.5 Å². The van der Waals surface area contributed by atoms with Crippen LogP contribution in [0.3, 0.4) is 0 Å². The molecule has 20 heavy (non-hydrogen) atoms. The molecule has 110 valence electrons. The number of anilines is 1. The summed E-state index contributed by atoms with van der Waals surface area (Å²) >= 11 is 3.08. The van der Waals surface area contributed by atoms with Gasteiger partial charge in [0.25, 0.3) is 0 Å². The third-order valence-electron chi connectivity index (χ3n) is 3.17. The van der Waals surface area contributed by atoms with E-state index in [0.29, 0.717) is 23.2 Å². The first-order valence-corrected chi connectivity index (χ1v) is 7.51. The first-order valence-electron chi connectivity index (χ1n) is 6.72. The Balaban J connectivity index is 1.70. The first-order chi connectivity index (χ1) is 9.65. The molecule has 0 unspecified atom stereocenters. The summed E-state index contributed by atoms with van der Waals surface area (Å²) in [5.74, 6) is -0.477. The monoisotopic (exact) mass is 344 g/mol. The Kier molecular flexibility index (Phi) is 5.94. The van der Waals surface area contributed by atoms with E-state index in [9.17, 15) is 9.18 Å². The number of benzene rings is 1. The highest BCUT2D eigenvalue weighted by Crippen LogP contribution is 2.20. The zero-order valence-corrected chi connectivity index (χ0v) is 12.7. The summed E-state index contributed by atoms with van der Waals surface area (Å²) in [6.45, 7) is 2.36. The van der Waals surface area contributed by atoms with Gasteiger partial charge in [0.2, 0.25) is 5.91 Å². The predicted molar refractivity (Wildman–Crippen MR) is 79.2 cm³/mol. The molecule has 6 heteroatoms. The minimum atomic E-state index is -0.350. The van der Waals surface area contributed by atoms with Gasteiger partial charge in [-0.1, -0.05) is 0 Å². The number of rotatable bonds is 5. The number of carbonyl (C=O) groups is 1. The van der Waals surface area contributed by atoms with Crippen molar-refractivity contribution >= 4 is 27.5 Å². The lowest BCUT2D eigenvalue weighted by molar-refractivity contribution is -0.117. The summed E-state index contributed by atoms with van der Waals surface area (Å²) in [5.41, 5.74) is 0.574. The highest BCUT2D eigenvalue weighted by Gasteiger charge is 2.13. The maximum absolute atomic E-state index is 13.1. The molecule has 0 radical (unpaired) electrons. The van der Waals surface area contributed by atoms with Gasteiger partial charge >= 0.3 is 0 Å². The van der Waals surface area contributed by atoms with Gasteiger partial charge in [-0.25, -0.2) is 4.39 Å². The number of halogens is 2. The number of nitrogens with one attached hydrogen (secondary N) is 2. The lowest BCUT2D eigenvalue weighted by Gasteiger charge is -2.22. The molecular weight excluding hydrogens is 327 g/mol. The van der Waals surface area contributed by atoms with Crippen LogP contribution in [0.4, 0.5) is 10.1 Å². The van der Waals surface area contributed by atoms with E-state index in [1.165, 1.54) is 12.1 Å². The Hall–Kier alpha value is -0.980. The lowest BCUT2D eigenvalue weighted by Crippen LogP contribution is -2.33. The molecule has 0 spiro atoms. The van der Waals surface area contributed by atoms with E-state index in [0.717, 1.165) is 25.9 Å². The summed E-state index contributed by atoms with van der Waals surface area (Å²) in [6.07, 6.45) is 2.54. The van der Waals surface area contributed by atoms with Gasteiger partial charge in [-0.2, -0.15) is 0 Å². The highest BCUT2D eigenvalue weighted by molar-refractivity contribution is 9.10. The van der Waals surface area contributed by atoms with E-state index in [1.54, 1.807) is 6.07 Å². The van der Waals surface area contributed by atoms with Crippen LogP contribution in [0.1, 0.15) is 19.3 Å². The van der Waals surface area contributed by atoms with Gasteiger partial charge in [-0.3, -0.25) is 4.79 Å². The fourth-order valence-electron chi connectivity index (χ4n) is 2.08. The number of piperidine rings is 1. The van der Waals surface area contributed by atoms with E-state index >= 15 is 0 Å². The quantitative estimate of drug-likeness (QED) is 0.863. The second-order valence-electron chi connectivity index (χ2n) is 4.75. The van der Waals surface area contributed by atoms with Crippen LogP contribution in [0.5, 0.6) is 0 Å². The third-order valence-corrected chi connectivity index (χ3v) is 3.78. The summed E-state index contributed by atoms with van der Waals surface area (Å²) in [7, 11) is 0. The molecule has 1 aromatic rings. The molecule has 0 aliphatic carbocycles. The van der Waals surface area contributed by atoms with Gasteiger partial charge in [-0.05, 0) is 60.1 Å². The molecule has 0 saturated carbocycles. The minimum absolute atomic E-state index is 0.127. The Morgan fingerprint density at radius 1 is 1.45 bits per heavy atom. The largest absolute Gasteiger partial charge is 0.378 e. The molecule has 1 heterocycles. The Labute approximate surface area is 126 Å². The van der Waals surface area contributed by atoms with E-state index in [2.05, 4.69) is 26.6 Å². The fourth-order valence-corrected chi connectivity index (χ4v) is 2.46. The average Bonchev–Trinajstić information content (AvgIpc) is 2.44. The van der Waals surface area contributed by atoms with Crippen LogP contribution in [0, 0.1) is 5.82 Å². The Morgan fingerprint density at radius 2 is 2.20 bits per heavy atom. The van der Waals surface area contributed by atoms with Crippen molar-refractivity contribution in [1.29, 1.82) is 0 Å². The van der Waals surface area contributed by atoms with Crippen LogP contribution in [0.25, 0.3) is 0 Å². The maximum atomic E-state index is 13.1. The maximum Gasteiger partial charge on any atom is 0.226 e. The van der Waals surface area contributed by atoms with Crippen molar-refractivity contribution in [2.75, 3.05) is 25.0 Å². The smallest absolute Gasteiger partial charge is 0.226 e. The van der Waals surface area contributed by atoms with E-state index < -0.39 is 0 Å². The van der Waals surface area contributed by atoms with Crippen LogP contribution in [-0.2, 0) is 9.53 Å². The molecule has 0 aromatic heterocycles. The second-order valence-corrected chi connectivity index (χ2v) is 5.60. The summed E-state index contributed by atoms with van der Waals surface area (Å²) in [6, 6.07) is 4.39. The molecule has 0 bridgehead atoms. The standard InChI is InChI=1S/C14H18BrFN2O2/c15-12-9-10(1-2-13(12)16)18-14(19)5-8-20-11-3-6-17-7-4-11/h1-2,9,11,17H,3-8H2,(H,18,19). The van der Waals surface area contributed by atoms with E-state index in [4.69, 9.17) is 4.74 Å². The van der Waals surface area contributed by atoms with Crippen molar-refractivity contribution in [1.82, 2.24) is 5.32 Å². The molecule has 2 N–H and O–H groups in total.